The molecule has 0 saturated carbocycles. The minimum absolute atomic E-state index is 0.189. The minimum atomic E-state index is -1.10. The van der Waals surface area contributed by atoms with Crippen LogP contribution in [0.25, 0.3) is 0 Å². The molecule has 0 heterocycles. The molecule has 1 rings (SSSR count). The van der Waals surface area contributed by atoms with E-state index in [1.165, 1.54) is 6.92 Å². The highest BCUT2D eigenvalue weighted by Gasteiger charge is 2.18. The molecule has 0 radical (unpaired) electrons. The van der Waals surface area contributed by atoms with E-state index in [0.717, 1.165) is 30.1 Å². The van der Waals surface area contributed by atoms with Gasteiger partial charge in [-0.05, 0) is 18.9 Å². The number of hydrogen-bond acceptors (Lipinski definition) is 7. The Balaban J connectivity index is 2.97. The summed E-state index contributed by atoms with van der Waals surface area (Å²) in [6.45, 7) is 1.38. The molecule has 1 aromatic rings. The molecule has 0 aliphatic carbocycles. The molecule has 0 aliphatic rings. The summed E-state index contributed by atoms with van der Waals surface area (Å²) >= 11 is 0.780. The van der Waals surface area contributed by atoms with E-state index in [4.69, 9.17) is 5.11 Å². The lowest BCUT2D eigenvalue weighted by Crippen LogP contribution is -2.28. The SMILES string of the molecule is CC(NSc1cc([N+](=O)[O-])cc([N+](=O)[O-])c1)C(=O)O. The molecule has 9 nitrogen and oxygen atoms in total. The first-order valence-electron chi connectivity index (χ1n) is 4.90. The van der Waals surface area contributed by atoms with Crippen LogP contribution in [0.15, 0.2) is 23.1 Å². The Morgan fingerprint density at radius 2 is 1.74 bits per heavy atom. The maximum Gasteiger partial charge on any atom is 0.321 e. The molecule has 102 valence electrons. The highest BCUT2D eigenvalue weighted by atomic mass is 32.2. The Morgan fingerprint density at radius 3 is 2.11 bits per heavy atom. The van der Waals surface area contributed by atoms with Crippen molar-refractivity contribution in [1.29, 1.82) is 0 Å². The number of nitro groups is 2. The molecule has 0 amide bonds. The van der Waals surface area contributed by atoms with Crippen molar-refractivity contribution >= 4 is 29.3 Å². The lowest BCUT2D eigenvalue weighted by atomic mass is 10.3. The molecule has 19 heavy (non-hydrogen) atoms. The van der Waals surface area contributed by atoms with Gasteiger partial charge < -0.3 is 5.11 Å². The first-order chi connectivity index (χ1) is 8.81. The van der Waals surface area contributed by atoms with Crippen LogP contribution < -0.4 is 4.72 Å². The van der Waals surface area contributed by atoms with Gasteiger partial charge in [-0.1, -0.05) is 0 Å². The van der Waals surface area contributed by atoms with Crippen LogP contribution in [0, 0.1) is 20.2 Å². The molecule has 10 heteroatoms. The van der Waals surface area contributed by atoms with Gasteiger partial charge in [0.1, 0.15) is 6.04 Å². The van der Waals surface area contributed by atoms with Crippen LogP contribution >= 0.6 is 11.9 Å². The highest BCUT2D eigenvalue weighted by molar-refractivity contribution is 7.97. The summed E-state index contributed by atoms with van der Waals surface area (Å²) < 4.78 is 2.50. The number of carbonyl (C=O) groups is 1. The van der Waals surface area contributed by atoms with Crippen molar-refractivity contribution < 1.29 is 19.7 Å². The maximum absolute atomic E-state index is 10.6. The van der Waals surface area contributed by atoms with E-state index >= 15 is 0 Å². The zero-order valence-electron chi connectivity index (χ0n) is 9.60. The standard InChI is InChI=1S/C9H9N3O6S/c1-5(9(13)14)10-19-8-3-6(11(15)16)2-7(4-8)12(17)18/h2-5,10H,1H3,(H,13,14). The van der Waals surface area contributed by atoms with Gasteiger partial charge in [0.25, 0.3) is 11.4 Å². The normalized spacial score (nSPS) is 11.8. The summed E-state index contributed by atoms with van der Waals surface area (Å²) in [7, 11) is 0. The Morgan fingerprint density at radius 1 is 1.26 bits per heavy atom. The fraction of sp³-hybridized carbons (Fsp3) is 0.222. The molecular formula is C9H9N3O6S. The van der Waals surface area contributed by atoms with Gasteiger partial charge in [-0.3, -0.25) is 25.0 Å². The monoisotopic (exact) mass is 287 g/mol. The summed E-state index contributed by atoms with van der Waals surface area (Å²) in [5.74, 6) is -1.10. The van der Waals surface area contributed by atoms with Crippen molar-refractivity contribution in [3.8, 4) is 0 Å². The van der Waals surface area contributed by atoms with Gasteiger partial charge in [-0.25, -0.2) is 4.72 Å². The average Bonchev–Trinajstić information content (AvgIpc) is 2.35. The van der Waals surface area contributed by atoms with E-state index in [1.807, 2.05) is 0 Å². The van der Waals surface area contributed by atoms with Crippen LogP contribution in [0.2, 0.25) is 0 Å². The first kappa shape index (κ1) is 14.9. The van der Waals surface area contributed by atoms with Crippen molar-refractivity contribution in [1.82, 2.24) is 4.72 Å². The van der Waals surface area contributed by atoms with Crippen molar-refractivity contribution in [2.75, 3.05) is 0 Å². The summed E-state index contributed by atoms with van der Waals surface area (Å²) in [5, 5.41) is 29.9. The van der Waals surface area contributed by atoms with Gasteiger partial charge in [0.15, 0.2) is 0 Å². The molecule has 1 unspecified atom stereocenters. The lowest BCUT2D eigenvalue weighted by molar-refractivity contribution is -0.394. The third-order valence-electron chi connectivity index (χ3n) is 2.02. The summed E-state index contributed by atoms with van der Waals surface area (Å²) in [6, 6.07) is 2.19. The molecule has 0 spiro atoms. The van der Waals surface area contributed by atoms with Crippen molar-refractivity contribution in [2.24, 2.45) is 0 Å². The van der Waals surface area contributed by atoms with Crippen LogP contribution in [0.1, 0.15) is 6.92 Å². The number of non-ortho nitro benzene ring substituents is 2. The molecular weight excluding hydrogens is 278 g/mol. The fourth-order valence-electron chi connectivity index (χ4n) is 1.04. The smallest absolute Gasteiger partial charge is 0.321 e. The van der Waals surface area contributed by atoms with Gasteiger partial charge in [0, 0.05) is 17.0 Å². The number of nitrogens with zero attached hydrogens (tertiary/aromatic N) is 2. The van der Waals surface area contributed by atoms with E-state index in [9.17, 15) is 25.0 Å². The fourth-order valence-corrected chi connectivity index (χ4v) is 1.82. The third-order valence-corrected chi connectivity index (χ3v) is 2.96. The Bertz CT molecular complexity index is 502. The van der Waals surface area contributed by atoms with Crippen molar-refractivity contribution in [3.63, 3.8) is 0 Å². The van der Waals surface area contributed by atoms with E-state index in [0.29, 0.717) is 0 Å². The summed E-state index contributed by atoms with van der Waals surface area (Å²) in [6.07, 6.45) is 0. The molecule has 0 aliphatic heterocycles. The first-order valence-corrected chi connectivity index (χ1v) is 5.72. The molecule has 1 atom stereocenters. The second-order valence-corrected chi connectivity index (χ2v) is 4.39. The Labute approximate surface area is 111 Å². The minimum Gasteiger partial charge on any atom is -0.480 e. The zero-order chi connectivity index (χ0) is 14.6. The Kier molecular flexibility index (Phi) is 4.78. The van der Waals surface area contributed by atoms with Crippen molar-refractivity contribution in [2.45, 2.75) is 17.9 Å². The van der Waals surface area contributed by atoms with E-state index < -0.39 is 33.2 Å². The van der Waals surface area contributed by atoms with Gasteiger partial charge in [-0.2, -0.15) is 0 Å². The van der Waals surface area contributed by atoms with Crippen LogP contribution in [0.4, 0.5) is 11.4 Å². The summed E-state index contributed by atoms with van der Waals surface area (Å²) in [5.41, 5.74) is -0.858. The lowest BCUT2D eigenvalue weighted by Gasteiger charge is -2.07. The Hall–Kier alpha value is -2.20. The predicted octanol–water partition coefficient (Wildman–Crippen LogP) is 1.57. The van der Waals surface area contributed by atoms with Crippen LogP contribution in [0.3, 0.4) is 0 Å². The number of aliphatic carboxylic acids is 1. The van der Waals surface area contributed by atoms with E-state index in [-0.39, 0.29) is 4.90 Å². The van der Waals surface area contributed by atoms with Crippen LogP contribution in [-0.4, -0.2) is 27.0 Å². The number of nitrogens with one attached hydrogen (secondary N) is 1. The van der Waals surface area contributed by atoms with Gasteiger partial charge in [0.05, 0.1) is 15.9 Å². The number of hydrogen-bond donors (Lipinski definition) is 2. The molecule has 0 saturated heterocycles. The van der Waals surface area contributed by atoms with E-state index in [1.54, 1.807) is 0 Å². The van der Waals surface area contributed by atoms with Gasteiger partial charge in [0.2, 0.25) is 0 Å². The number of benzene rings is 1. The molecule has 0 aromatic heterocycles. The van der Waals surface area contributed by atoms with E-state index in [2.05, 4.69) is 4.72 Å². The number of rotatable bonds is 6. The van der Waals surface area contributed by atoms with Crippen LogP contribution in [0.5, 0.6) is 0 Å². The average molecular weight is 287 g/mol. The van der Waals surface area contributed by atoms with Crippen molar-refractivity contribution in [3.05, 3.63) is 38.4 Å². The maximum atomic E-state index is 10.6. The number of nitro benzene ring substituents is 2. The van der Waals surface area contributed by atoms with Crippen LogP contribution in [-0.2, 0) is 4.79 Å². The largest absolute Gasteiger partial charge is 0.480 e. The molecule has 1 aromatic carbocycles. The molecule has 2 N–H and O–H groups in total. The molecule has 0 bridgehead atoms. The number of carboxylic acid groups (broad SMARTS) is 1. The topological polar surface area (TPSA) is 136 Å². The van der Waals surface area contributed by atoms with Gasteiger partial charge in [-0.15, -0.1) is 0 Å². The molecule has 0 fully saturated rings. The van der Waals surface area contributed by atoms with Gasteiger partial charge >= 0.3 is 5.97 Å². The number of carboxylic acids is 1. The predicted molar refractivity (Wildman–Crippen MR) is 65.8 cm³/mol. The third kappa shape index (κ3) is 4.19. The second kappa shape index (κ2) is 6.11. The second-order valence-electron chi connectivity index (χ2n) is 3.48. The summed E-state index contributed by atoms with van der Waals surface area (Å²) in [4.78, 5) is 30.5. The zero-order valence-corrected chi connectivity index (χ0v) is 10.4. The highest BCUT2D eigenvalue weighted by Crippen LogP contribution is 2.27. The quantitative estimate of drug-likeness (QED) is 0.457.